The number of rotatable bonds is 8. The minimum atomic E-state index is -1.12. The lowest BCUT2D eigenvalue weighted by atomic mass is 9.93. The summed E-state index contributed by atoms with van der Waals surface area (Å²) in [4.78, 5) is 68.7. The zero-order valence-electron chi connectivity index (χ0n) is 29.1. The van der Waals surface area contributed by atoms with Gasteiger partial charge in [-0.25, -0.2) is 4.39 Å². The molecule has 1 aromatic heterocycles. The fraction of sp³-hybridized carbons (Fsp3) is 0.421. The van der Waals surface area contributed by atoms with Gasteiger partial charge < -0.3 is 15.0 Å². The fourth-order valence-corrected chi connectivity index (χ4v) is 8.55. The molecule has 4 aliphatic heterocycles. The number of nitrogens with one attached hydrogen (secondary N) is 2. The fourth-order valence-electron chi connectivity index (χ4n) is 8.34. The number of nitriles is 1. The second kappa shape index (κ2) is 14.4. The van der Waals surface area contributed by atoms with E-state index in [0.717, 1.165) is 49.5 Å². The van der Waals surface area contributed by atoms with E-state index in [9.17, 15) is 24.0 Å². The van der Waals surface area contributed by atoms with E-state index in [-0.39, 0.29) is 71.9 Å². The Kier molecular flexibility index (Phi) is 9.49. The first-order valence-corrected chi connectivity index (χ1v) is 18.5. The molecule has 3 unspecified atom stereocenters. The molecule has 3 saturated heterocycles. The van der Waals surface area contributed by atoms with Crippen LogP contribution in [0.2, 0.25) is 5.02 Å². The number of aromatic nitrogens is 2. The molecule has 0 radical (unpaired) electrons. The number of piperidine rings is 1. The molecule has 1 aliphatic carbocycles. The topological polar surface area (TPSA) is 178 Å². The van der Waals surface area contributed by atoms with Crippen molar-refractivity contribution in [1.82, 2.24) is 30.6 Å². The summed E-state index contributed by atoms with van der Waals surface area (Å²) in [6.07, 6.45) is 4.76. The summed E-state index contributed by atoms with van der Waals surface area (Å²) >= 11 is 6.13. The average Bonchev–Trinajstić information content (AvgIpc) is 3.52. The van der Waals surface area contributed by atoms with Crippen LogP contribution in [0, 0.1) is 17.1 Å². The molecule has 14 nitrogen and oxygen atoms in total. The second-order valence-corrected chi connectivity index (χ2v) is 14.9. The molecule has 5 aliphatic rings. The molecule has 3 atom stereocenters. The van der Waals surface area contributed by atoms with Crippen molar-refractivity contribution in [2.24, 2.45) is 0 Å². The number of anilines is 1. The van der Waals surface area contributed by atoms with Gasteiger partial charge >= 0.3 is 0 Å². The molecular weight excluding hydrogens is 719 g/mol. The Balaban J connectivity index is 0.849. The summed E-state index contributed by atoms with van der Waals surface area (Å²) in [5, 5.41) is 23.3. The Bertz CT molecular complexity index is 2090. The van der Waals surface area contributed by atoms with Crippen LogP contribution in [0.25, 0.3) is 0 Å². The first kappa shape index (κ1) is 35.6. The molecule has 278 valence electrons. The minimum absolute atomic E-state index is 0.00197. The van der Waals surface area contributed by atoms with Crippen LogP contribution >= 0.6 is 11.6 Å². The highest BCUT2D eigenvalue weighted by atomic mass is 35.5. The molecule has 1 saturated carbocycles. The lowest BCUT2D eigenvalue weighted by molar-refractivity contribution is -0.136. The van der Waals surface area contributed by atoms with Crippen molar-refractivity contribution < 1.29 is 33.1 Å². The van der Waals surface area contributed by atoms with E-state index in [0.29, 0.717) is 35.2 Å². The van der Waals surface area contributed by atoms with E-state index >= 15 is 4.39 Å². The summed E-state index contributed by atoms with van der Waals surface area (Å²) in [6.45, 7) is 1.47. The van der Waals surface area contributed by atoms with Gasteiger partial charge in [-0.3, -0.25) is 39.1 Å². The Labute approximate surface area is 314 Å². The molecule has 16 heteroatoms. The van der Waals surface area contributed by atoms with Crippen LogP contribution in [0.5, 0.6) is 5.75 Å². The van der Waals surface area contributed by atoms with Crippen molar-refractivity contribution in [1.29, 1.82) is 5.26 Å². The molecule has 2 aromatic carbocycles. The molecule has 2 N–H and O–H groups in total. The van der Waals surface area contributed by atoms with Crippen LogP contribution in [0.15, 0.2) is 42.5 Å². The predicted octanol–water partition coefficient (Wildman–Crippen LogP) is 3.52. The molecule has 5 amide bonds. The number of halogens is 2. The van der Waals surface area contributed by atoms with Crippen LogP contribution in [-0.2, 0) is 16.1 Å². The first-order valence-electron chi connectivity index (χ1n) is 18.1. The van der Waals surface area contributed by atoms with E-state index in [4.69, 9.17) is 21.6 Å². The van der Waals surface area contributed by atoms with Crippen LogP contribution in [-0.4, -0.2) is 92.9 Å². The van der Waals surface area contributed by atoms with Gasteiger partial charge in [0.1, 0.15) is 23.7 Å². The van der Waals surface area contributed by atoms with E-state index in [2.05, 4.69) is 30.6 Å². The highest BCUT2D eigenvalue weighted by molar-refractivity contribution is 6.31. The maximum Gasteiger partial charge on any atom is 0.272 e. The van der Waals surface area contributed by atoms with Crippen molar-refractivity contribution in [3.63, 3.8) is 0 Å². The standard InChI is InChI=1S/C38H36ClFN8O6/c39-29-14-26(6-1-20(29)16-41)54-25-7-2-22(3-8-25)42-35(50)31-9-11-33(45-44-31)46-18-23-4-5-24(19-46)47(23)17-21-13-27-28(15-30(21)40)38(53)48(37(27)52)32-10-12-34(49)43-36(32)51/h1,6,9,11,13-15,22-25,32H,2-5,7-8,10,12,17-19H2,(H,42,50)(H,43,49,51). The molecule has 54 heavy (non-hydrogen) atoms. The first-order chi connectivity index (χ1) is 26.1. The summed E-state index contributed by atoms with van der Waals surface area (Å²) in [6, 6.07) is 12.0. The number of amides is 5. The molecule has 0 spiro atoms. The largest absolute Gasteiger partial charge is 0.490 e. The van der Waals surface area contributed by atoms with Gasteiger partial charge in [0.15, 0.2) is 11.5 Å². The smallest absolute Gasteiger partial charge is 0.272 e. The van der Waals surface area contributed by atoms with Crippen molar-refractivity contribution in [2.75, 3.05) is 18.0 Å². The number of fused-ring (bicyclic) bond motifs is 3. The maximum absolute atomic E-state index is 15.5. The Morgan fingerprint density at radius 2 is 1.67 bits per heavy atom. The summed E-state index contributed by atoms with van der Waals surface area (Å²) in [5.41, 5.74) is 0.879. The average molecular weight is 755 g/mol. The Morgan fingerprint density at radius 3 is 2.31 bits per heavy atom. The number of hydrogen-bond donors (Lipinski definition) is 2. The SMILES string of the molecule is N#Cc1ccc(OC2CCC(NC(=O)c3ccc(N4CC5CCC(C4)N5Cc4cc5c(cc4F)C(=O)N(C4CCC(=O)NC4=O)C5=O)nn3)CC2)cc1Cl. The third-order valence-corrected chi connectivity index (χ3v) is 11.5. The Morgan fingerprint density at radius 1 is 0.944 bits per heavy atom. The highest BCUT2D eigenvalue weighted by Gasteiger charge is 2.46. The zero-order valence-corrected chi connectivity index (χ0v) is 29.9. The van der Waals surface area contributed by atoms with Gasteiger partial charge in [-0.05, 0) is 81.3 Å². The Hall–Kier alpha value is -5.46. The van der Waals surface area contributed by atoms with Crippen molar-refractivity contribution in [3.8, 4) is 11.8 Å². The van der Waals surface area contributed by atoms with Crippen molar-refractivity contribution >= 4 is 47.0 Å². The maximum atomic E-state index is 15.5. The van der Waals surface area contributed by atoms with Gasteiger partial charge in [-0.15, -0.1) is 10.2 Å². The predicted molar refractivity (Wildman–Crippen MR) is 190 cm³/mol. The van der Waals surface area contributed by atoms with E-state index in [1.54, 1.807) is 30.3 Å². The zero-order chi connectivity index (χ0) is 37.7. The number of carbonyl (C=O) groups excluding carboxylic acids is 5. The molecule has 5 heterocycles. The van der Waals surface area contributed by atoms with E-state index < -0.39 is 35.5 Å². The lowest BCUT2D eigenvalue weighted by Gasteiger charge is -2.41. The number of nitrogens with zero attached hydrogens (tertiary/aromatic N) is 6. The van der Waals surface area contributed by atoms with Crippen LogP contribution in [0.3, 0.4) is 0 Å². The number of piperazine rings is 1. The van der Waals surface area contributed by atoms with E-state index in [1.165, 1.54) is 6.07 Å². The summed E-state index contributed by atoms with van der Waals surface area (Å²) < 4.78 is 21.5. The number of hydrogen-bond acceptors (Lipinski definition) is 11. The minimum Gasteiger partial charge on any atom is -0.490 e. The highest BCUT2D eigenvalue weighted by Crippen LogP contribution is 2.36. The third-order valence-electron chi connectivity index (χ3n) is 11.2. The molecule has 2 bridgehead atoms. The third kappa shape index (κ3) is 6.75. The molecule has 3 aromatic rings. The quantitative estimate of drug-likeness (QED) is 0.322. The summed E-state index contributed by atoms with van der Waals surface area (Å²) in [7, 11) is 0. The van der Waals surface area contributed by atoms with Gasteiger partial charge in [0.05, 0.1) is 27.8 Å². The summed E-state index contributed by atoms with van der Waals surface area (Å²) in [5.74, 6) is -2.23. The number of ether oxygens (including phenoxy) is 1. The van der Waals surface area contributed by atoms with Gasteiger partial charge in [0.2, 0.25) is 11.8 Å². The van der Waals surface area contributed by atoms with Gasteiger partial charge in [0.25, 0.3) is 17.7 Å². The molecule has 4 fully saturated rings. The van der Waals surface area contributed by atoms with Gasteiger partial charge in [-0.2, -0.15) is 5.26 Å². The van der Waals surface area contributed by atoms with E-state index in [1.807, 2.05) is 6.07 Å². The van der Waals surface area contributed by atoms with Gasteiger partial charge in [-0.1, -0.05) is 11.6 Å². The van der Waals surface area contributed by atoms with Crippen molar-refractivity contribution in [2.45, 2.75) is 88.2 Å². The normalized spacial score (nSPS) is 25.3. The van der Waals surface area contributed by atoms with Crippen LogP contribution in [0.4, 0.5) is 10.2 Å². The number of benzene rings is 2. The lowest BCUT2D eigenvalue weighted by Crippen LogP contribution is -2.54. The van der Waals surface area contributed by atoms with Crippen LogP contribution in [0.1, 0.15) is 93.7 Å². The van der Waals surface area contributed by atoms with Gasteiger partial charge in [0, 0.05) is 55.8 Å². The van der Waals surface area contributed by atoms with Crippen LogP contribution < -0.4 is 20.3 Å². The second-order valence-electron chi connectivity index (χ2n) is 14.5. The number of carbonyl (C=O) groups is 5. The molecular formula is C38H36ClFN8O6. The van der Waals surface area contributed by atoms with Crippen molar-refractivity contribution in [3.05, 3.63) is 81.3 Å². The number of imide groups is 2. The molecule has 8 rings (SSSR count). The monoisotopic (exact) mass is 754 g/mol.